The molecule has 1 heterocycles. The molecule has 3 heteroatoms. The molecule has 0 amide bonds. The highest BCUT2D eigenvalue weighted by atomic mass is 19.2. The molecule has 0 radical (unpaired) electrons. The third-order valence-electron chi connectivity index (χ3n) is 3.92. The van der Waals surface area contributed by atoms with Crippen LogP contribution < -0.4 is 9.47 Å². The SMILES string of the molecule is CCc1cc(-c2cc3c(cc2C)OC(C)(F)O3)ccc1C. The highest BCUT2D eigenvalue weighted by Crippen LogP contribution is 2.44. The Hall–Kier alpha value is -2.03. The minimum atomic E-state index is -2.07. The summed E-state index contributed by atoms with van der Waals surface area (Å²) in [5.74, 6) is 0.920. The summed E-state index contributed by atoms with van der Waals surface area (Å²) < 4.78 is 24.1. The molecule has 2 aromatic carbocycles. The summed E-state index contributed by atoms with van der Waals surface area (Å²) in [5, 5.41) is 0. The van der Waals surface area contributed by atoms with E-state index in [9.17, 15) is 4.39 Å². The Labute approximate surface area is 124 Å². The number of halogens is 1. The third-order valence-corrected chi connectivity index (χ3v) is 3.92. The van der Waals surface area contributed by atoms with E-state index in [1.54, 1.807) is 0 Å². The van der Waals surface area contributed by atoms with Crippen LogP contribution in [0.15, 0.2) is 30.3 Å². The van der Waals surface area contributed by atoms with Crippen molar-refractivity contribution in [2.45, 2.75) is 40.2 Å². The van der Waals surface area contributed by atoms with Gasteiger partial charge in [-0.25, -0.2) is 0 Å². The van der Waals surface area contributed by atoms with E-state index in [1.807, 2.05) is 19.1 Å². The van der Waals surface area contributed by atoms with Crippen molar-refractivity contribution in [3.63, 3.8) is 0 Å². The molecular weight excluding hydrogens is 267 g/mol. The van der Waals surface area contributed by atoms with E-state index < -0.39 is 6.04 Å². The first-order chi connectivity index (χ1) is 9.89. The number of ether oxygens (including phenoxy) is 2. The summed E-state index contributed by atoms with van der Waals surface area (Å²) in [6, 6.07) is 8.02. The monoisotopic (exact) mass is 286 g/mol. The summed E-state index contributed by atoms with van der Waals surface area (Å²) in [5.41, 5.74) is 5.82. The van der Waals surface area contributed by atoms with Gasteiger partial charge in [0.15, 0.2) is 11.5 Å². The zero-order chi connectivity index (χ0) is 15.2. The second kappa shape index (κ2) is 4.76. The molecule has 1 atom stereocenters. The molecule has 0 bridgehead atoms. The lowest BCUT2D eigenvalue weighted by Gasteiger charge is -2.11. The molecule has 2 nitrogen and oxygen atoms in total. The Morgan fingerprint density at radius 3 is 2.33 bits per heavy atom. The van der Waals surface area contributed by atoms with Crippen molar-refractivity contribution in [1.82, 2.24) is 0 Å². The number of benzene rings is 2. The van der Waals surface area contributed by atoms with E-state index >= 15 is 0 Å². The van der Waals surface area contributed by atoms with Crippen molar-refractivity contribution >= 4 is 0 Å². The molecular formula is C18H19FO2. The van der Waals surface area contributed by atoms with Gasteiger partial charge >= 0.3 is 6.04 Å². The molecule has 1 unspecified atom stereocenters. The number of hydrogen-bond acceptors (Lipinski definition) is 2. The van der Waals surface area contributed by atoms with Crippen LogP contribution in [0.1, 0.15) is 30.5 Å². The van der Waals surface area contributed by atoms with Gasteiger partial charge in [0.25, 0.3) is 0 Å². The minimum absolute atomic E-state index is 0.458. The fraction of sp³-hybridized carbons (Fsp3) is 0.333. The molecule has 21 heavy (non-hydrogen) atoms. The summed E-state index contributed by atoms with van der Waals surface area (Å²) in [7, 11) is 0. The van der Waals surface area contributed by atoms with E-state index in [0.29, 0.717) is 11.5 Å². The van der Waals surface area contributed by atoms with Crippen LogP contribution in [-0.4, -0.2) is 6.04 Å². The fourth-order valence-electron chi connectivity index (χ4n) is 2.77. The van der Waals surface area contributed by atoms with Crippen LogP contribution in [0.2, 0.25) is 0 Å². The van der Waals surface area contributed by atoms with Crippen LogP contribution >= 0.6 is 0 Å². The Morgan fingerprint density at radius 1 is 1.00 bits per heavy atom. The smallest absolute Gasteiger partial charge is 0.404 e. The third kappa shape index (κ3) is 2.48. The van der Waals surface area contributed by atoms with E-state index in [0.717, 1.165) is 23.1 Å². The molecule has 110 valence electrons. The molecule has 0 spiro atoms. The number of rotatable bonds is 2. The van der Waals surface area contributed by atoms with Crippen LogP contribution in [0.4, 0.5) is 4.39 Å². The van der Waals surface area contributed by atoms with Crippen molar-refractivity contribution in [2.24, 2.45) is 0 Å². The first kappa shape index (κ1) is 13.9. The van der Waals surface area contributed by atoms with Gasteiger partial charge in [-0.1, -0.05) is 25.1 Å². The second-order valence-electron chi connectivity index (χ2n) is 5.65. The van der Waals surface area contributed by atoms with Crippen LogP contribution in [0, 0.1) is 13.8 Å². The summed E-state index contributed by atoms with van der Waals surface area (Å²) >= 11 is 0. The second-order valence-corrected chi connectivity index (χ2v) is 5.65. The number of hydrogen-bond donors (Lipinski definition) is 0. The normalized spacial score (nSPS) is 19.9. The van der Waals surface area contributed by atoms with E-state index in [2.05, 4.69) is 32.0 Å². The van der Waals surface area contributed by atoms with Crippen LogP contribution in [0.25, 0.3) is 11.1 Å². The number of fused-ring (bicyclic) bond motifs is 1. The zero-order valence-electron chi connectivity index (χ0n) is 12.8. The van der Waals surface area contributed by atoms with Gasteiger partial charge < -0.3 is 9.47 Å². The lowest BCUT2D eigenvalue weighted by atomic mass is 9.95. The molecule has 0 fully saturated rings. The van der Waals surface area contributed by atoms with Crippen molar-refractivity contribution in [3.8, 4) is 22.6 Å². The fourth-order valence-corrected chi connectivity index (χ4v) is 2.77. The lowest BCUT2D eigenvalue weighted by molar-refractivity contribution is -0.173. The van der Waals surface area contributed by atoms with Crippen LogP contribution in [0.5, 0.6) is 11.5 Å². The topological polar surface area (TPSA) is 18.5 Å². The average Bonchev–Trinajstić information content (AvgIpc) is 2.71. The Morgan fingerprint density at radius 2 is 1.67 bits per heavy atom. The lowest BCUT2D eigenvalue weighted by Crippen LogP contribution is -2.27. The molecule has 0 aliphatic carbocycles. The molecule has 1 aliphatic rings. The molecule has 3 rings (SSSR count). The first-order valence-electron chi connectivity index (χ1n) is 7.21. The van der Waals surface area contributed by atoms with Crippen molar-refractivity contribution in [1.29, 1.82) is 0 Å². The molecule has 1 aliphatic heterocycles. The maximum atomic E-state index is 13.8. The van der Waals surface area contributed by atoms with Crippen molar-refractivity contribution in [3.05, 3.63) is 47.0 Å². The summed E-state index contributed by atoms with van der Waals surface area (Å²) in [4.78, 5) is 0. The quantitative estimate of drug-likeness (QED) is 0.778. The summed E-state index contributed by atoms with van der Waals surface area (Å²) in [6.45, 7) is 7.53. The highest BCUT2D eigenvalue weighted by Gasteiger charge is 2.37. The molecule has 0 N–H and O–H groups in total. The molecule has 0 aromatic heterocycles. The van der Waals surface area contributed by atoms with Gasteiger partial charge in [-0.15, -0.1) is 0 Å². The predicted molar refractivity (Wildman–Crippen MR) is 81.5 cm³/mol. The molecule has 0 saturated heterocycles. The summed E-state index contributed by atoms with van der Waals surface area (Å²) in [6.07, 6.45) is 0.992. The Bertz CT molecular complexity index is 705. The van der Waals surface area contributed by atoms with Crippen LogP contribution in [-0.2, 0) is 6.42 Å². The minimum Gasteiger partial charge on any atom is -0.423 e. The van der Waals surface area contributed by atoms with Gasteiger partial charge in [0, 0.05) is 6.92 Å². The average molecular weight is 286 g/mol. The molecule has 0 saturated carbocycles. The van der Waals surface area contributed by atoms with Gasteiger partial charge in [-0.05, 0) is 60.2 Å². The predicted octanol–water partition coefficient (Wildman–Crippen LogP) is 4.95. The van der Waals surface area contributed by atoms with Gasteiger partial charge in [-0.3, -0.25) is 0 Å². The molecule has 2 aromatic rings. The van der Waals surface area contributed by atoms with E-state index in [4.69, 9.17) is 9.47 Å². The van der Waals surface area contributed by atoms with Crippen molar-refractivity contribution in [2.75, 3.05) is 0 Å². The number of aryl methyl sites for hydroxylation is 3. The standard InChI is InChI=1S/C18H19FO2/c1-5-13-9-14(7-6-11(13)2)15-10-17-16(8-12(15)3)20-18(4,19)21-17/h6-10H,5H2,1-4H3. The van der Waals surface area contributed by atoms with Crippen molar-refractivity contribution < 1.29 is 13.9 Å². The first-order valence-corrected chi connectivity index (χ1v) is 7.21. The highest BCUT2D eigenvalue weighted by molar-refractivity contribution is 5.72. The van der Waals surface area contributed by atoms with Gasteiger partial charge in [0.1, 0.15) is 0 Å². The van der Waals surface area contributed by atoms with E-state index in [1.165, 1.54) is 18.1 Å². The van der Waals surface area contributed by atoms with Gasteiger partial charge in [-0.2, -0.15) is 4.39 Å². The Kier molecular flexibility index (Phi) is 3.16. The number of alkyl halides is 1. The van der Waals surface area contributed by atoms with E-state index in [-0.39, 0.29) is 0 Å². The Balaban J connectivity index is 2.08. The maximum absolute atomic E-state index is 13.8. The zero-order valence-corrected chi connectivity index (χ0v) is 12.8. The largest absolute Gasteiger partial charge is 0.423 e. The van der Waals surface area contributed by atoms with Gasteiger partial charge in [0.05, 0.1) is 0 Å². The maximum Gasteiger partial charge on any atom is 0.404 e. The van der Waals surface area contributed by atoms with Gasteiger partial charge in [0.2, 0.25) is 0 Å². The van der Waals surface area contributed by atoms with Crippen LogP contribution in [0.3, 0.4) is 0 Å².